The van der Waals surface area contributed by atoms with Crippen LogP contribution in [0.2, 0.25) is 0 Å². The SMILES string of the molecule is N#Cc1ccc(NC(=O)NCc2ccc(NC(=O)c3ccco3)cc2)cc1. The number of urea groups is 1. The van der Waals surface area contributed by atoms with E-state index in [2.05, 4.69) is 16.0 Å². The predicted octanol–water partition coefficient (Wildman–Crippen LogP) is 3.73. The maximum atomic E-state index is 11.9. The van der Waals surface area contributed by atoms with E-state index in [1.165, 1.54) is 6.26 Å². The van der Waals surface area contributed by atoms with Crippen LogP contribution >= 0.6 is 0 Å². The smallest absolute Gasteiger partial charge is 0.319 e. The van der Waals surface area contributed by atoms with Gasteiger partial charge in [-0.3, -0.25) is 4.79 Å². The molecule has 0 aliphatic rings. The molecule has 0 aliphatic heterocycles. The van der Waals surface area contributed by atoms with Crippen molar-refractivity contribution >= 4 is 23.3 Å². The van der Waals surface area contributed by atoms with Crippen molar-refractivity contribution in [1.29, 1.82) is 5.26 Å². The summed E-state index contributed by atoms with van der Waals surface area (Å²) >= 11 is 0. The normalized spacial score (nSPS) is 9.89. The van der Waals surface area contributed by atoms with Crippen LogP contribution in [0.15, 0.2) is 71.3 Å². The Hall–Kier alpha value is -4.05. The third-order valence-electron chi connectivity index (χ3n) is 3.68. The number of anilines is 2. The minimum Gasteiger partial charge on any atom is -0.459 e. The Labute approximate surface area is 155 Å². The molecule has 1 aromatic heterocycles. The van der Waals surface area contributed by atoms with E-state index in [1.54, 1.807) is 60.7 Å². The van der Waals surface area contributed by atoms with Crippen LogP contribution in [0.4, 0.5) is 16.2 Å². The second-order valence-corrected chi connectivity index (χ2v) is 5.63. The number of benzene rings is 2. The molecule has 27 heavy (non-hydrogen) atoms. The van der Waals surface area contributed by atoms with Gasteiger partial charge in [-0.2, -0.15) is 5.26 Å². The number of amides is 3. The van der Waals surface area contributed by atoms with E-state index in [0.717, 1.165) is 5.56 Å². The average molecular weight is 360 g/mol. The van der Waals surface area contributed by atoms with Crippen LogP contribution in [0.25, 0.3) is 0 Å². The third-order valence-corrected chi connectivity index (χ3v) is 3.68. The molecule has 0 saturated carbocycles. The first kappa shape index (κ1) is 17.8. The van der Waals surface area contributed by atoms with Crippen LogP contribution in [0.1, 0.15) is 21.7 Å². The van der Waals surface area contributed by atoms with Gasteiger partial charge in [-0.25, -0.2) is 4.79 Å². The molecule has 0 fully saturated rings. The zero-order valence-corrected chi connectivity index (χ0v) is 14.2. The summed E-state index contributed by atoms with van der Waals surface area (Å²) in [7, 11) is 0. The molecule has 7 nitrogen and oxygen atoms in total. The van der Waals surface area contributed by atoms with Gasteiger partial charge in [0.25, 0.3) is 5.91 Å². The van der Waals surface area contributed by atoms with Gasteiger partial charge in [-0.05, 0) is 54.1 Å². The van der Waals surface area contributed by atoms with Gasteiger partial charge >= 0.3 is 6.03 Å². The fourth-order valence-corrected chi connectivity index (χ4v) is 2.29. The van der Waals surface area contributed by atoms with Crippen molar-refractivity contribution in [3.05, 3.63) is 83.8 Å². The van der Waals surface area contributed by atoms with Gasteiger partial charge in [0, 0.05) is 17.9 Å². The van der Waals surface area contributed by atoms with Gasteiger partial charge in [0.15, 0.2) is 5.76 Å². The molecule has 3 amide bonds. The summed E-state index contributed by atoms with van der Waals surface area (Å²) in [6.07, 6.45) is 1.44. The number of nitriles is 1. The van der Waals surface area contributed by atoms with Crippen LogP contribution in [-0.2, 0) is 6.54 Å². The predicted molar refractivity (Wildman–Crippen MR) is 100 cm³/mol. The Morgan fingerprint density at radius 2 is 1.59 bits per heavy atom. The Bertz CT molecular complexity index is 956. The van der Waals surface area contributed by atoms with Gasteiger partial charge in [-0.1, -0.05) is 12.1 Å². The van der Waals surface area contributed by atoms with Crippen molar-refractivity contribution in [3.8, 4) is 6.07 Å². The molecule has 134 valence electrons. The monoisotopic (exact) mass is 360 g/mol. The first-order valence-electron chi connectivity index (χ1n) is 8.13. The Morgan fingerprint density at radius 3 is 2.22 bits per heavy atom. The largest absolute Gasteiger partial charge is 0.459 e. The van der Waals surface area contributed by atoms with Gasteiger partial charge in [0.2, 0.25) is 0 Å². The van der Waals surface area contributed by atoms with Gasteiger partial charge in [-0.15, -0.1) is 0 Å². The quantitative estimate of drug-likeness (QED) is 0.644. The summed E-state index contributed by atoms with van der Waals surface area (Å²) in [4.78, 5) is 23.8. The molecule has 3 aromatic rings. The highest BCUT2D eigenvalue weighted by atomic mass is 16.3. The van der Waals surface area contributed by atoms with Gasteiger partial charge in [0.1, 0.15) is 0 Å². The maximum Gasteiger partial charge on any atom is 0.319 e. The zero-order chi connectivity index (χ0) is 19.1. The molecule has 1 heterocycles. The van der Waals surface area contributed by atoms with Crippen molar-refractivity contribution in [3.63, 3.8) is 0 Å². The van der Waals surface area contributed by atoms with Gasteiger partial charge in [0.05, 0.1) is 17.9 Å². The van der Waals surface area contributed by atoms with E-state index in [9.17, 15) is 9.59 Å². The lowest BCUT2D eigenvalue weighted by atomic mass is 10.2. The van der Waals surface area contributed by atoms with Crippen LogP contribution in [0.3, 0.4) is 0 Å². The van der Waals surface area contributed by atoms with E-state index in [-0.39, 0.29) is 17.7 Å². The van der Waals surface area contributed by atoms with Crippen molar-refractivity contribution in [2.24, 2.45) is 0 Å². The fourth-order valence-electron chi connectivity index (χ4n) is 2.29. The lowest BCUT2D eigenvalue weighted by Gasteiger charge is -2.09. The van der Waals surface area contributed by atoms with Crippen molar-refractivity contribution < 1.29 is 14.0 Å². The van der Waals surface area contributed by atoms with Crippen molar-refractivity contribution in [1.82, 2.24) is 5.32 Å². The molecule has 0 bridgehead atoms. The average Bonchev–Trinajstić information content (AvgIpc) is 3.23. The van der Waals surface area contributed by atoms with Crippen LogP contribution in [-0.4, -0.2) is 11.9 Å². The second kappa shape index (κ2) is 8.36. The first-order valence-corrected chi connectivity index (χ1v) is 8.13. The number of nitrogens with zero attached hydrogens (tertiary/aromatic N) is 1. The summed E-state index contributed by atoms with van der Waals surface area (Å²) in [5.74, 6) is -0.0899. The van der Waals surface area contributed by atoms with E-state index in [4.69, 9.17) is 9.68 Å². The fraction of sp³-hybridized carbons (Fsp3) is 0.0500. The van der Waals surface area contributed by atoms with E-state index in [0.29, 0.717) is 23.5 Å². The molecule has 3 N–H and O–H groups in total. The highest BCUT2D eigenvalue weighted by Gasteiger charge is 2.08. The number of carbonyl (C=O) groups excluding carboxylic acids is 2. The topological polar surface area (TPSA) is 107 Å². The number of rotatable bonds is 5. The molecule has 2 aromatic carbocycles. The number of nitrogens with one attached hydrogen (secondary N) is 3. The molecule has 0 radical (unpaired) electrons. The third kappa shape index (κ3) is 4.96. The minimum absolute atomic E-state index is 0.236. The molecule has 0 aliphatic carbocycles. The number of carbonyl (C=O) groups is 2. The van der Waals surface area contributed by atoms with E-state index < -0.39 is 0 Å². The second-order valence-electron chi connectivity index (χ2n) is 5.63. The molecule has 0 spiro atoms. The summed E-state index contributed by atoms with van der Waals surface area (Å²) in [5.41, 5.74) is 2.63. The highest BCUT2D eigenvalue weighted by Crippen LogP contribution is 2.12. The van der Waals surface area contributed by atoms with Crippen molar-refractivity contribution in [2.45, 2.75) is 6.54 Å². The molecule has 0 unspecified atom stereocenters. The first-order chi connectivity index (χ1) is 13.1. The van der Waals surface area contributed by atoms with E-state index in [1.807, 2.05) is 6.07 Å². The summed E-state index contributed by atoms with van der Waals surface area (Å²) < 4.78 is 5.04. The summed E-state index contributed by atoms with van der Waals surface area (Å²) in [6, 6.07) is 18.6. The zero-order valence-electron chi connectivity index (χ0n) is 14.2. The Balaban J connectivity index is 1.48. The summed E-state index contributed by atoms with van der Waals surface area (Å²) in [5, 5.41) is 16.9. The maximum absolute atomic E-state index is 11.9. The minimum atomic E-state index is -0.352. The van der Waals surface area contributed by atoms with Crippen molar-refractivity contribution in [2.75, 3.05) is 10.6 Å². The Kier molecular flexibility index (Phi) is 5.50. The number of furan rings is 1. The number of hydrogen-bond acceptors (Lipinski definition) is 4. The molecule has 7 heteroatoms. The van der Waals surface area contributed by atoms with Gasteiger partial charge < -0.3 is 20.4 Å². The van der Waals surface area contributed by atoms with E-state index >= 15 is 0 Å². The molecule has 0 saturated heterocycles. The lowest BCUT2D eigenvalue weighted by Crippen LogP contribution is -2.28. The van der Waals surface area contributed by atoms with Crippen LogP contribution in [0, 0.1) is 11.3 Å². The molecule has 3 rings (SSSR count). The molecule has 0 atom stereocenters. The Morgan fingerprint density at radius 1 is 0.926 bits per heavy atom. The lowest BCUT2D eigenvalue weighted by molar-refractivity contribution is 0.0996. The highest BCUT2D eigenvalue weighted by molar-refractivity contribution is 6.02. The van der Waals surface area contributed by atoms with Crippen LogP contribution in [0.5, 0.6) is 0 Å². The van der Waals surface area contributed by atoms with Crippen LogP contribution < -0.4 is 16.0 Å². The standard InChI is InChI=1S/C20H16N4O3/c21-12-14-3-7-17(8-4-14)24-20(26)22-13-15-5-9-16(10-6-15)23-19(25)18-2-1-11-27-18/h1-11H,13H2,(H,23,25)(H2,22,24,26). The number of hydrogen-bond donors (Lipinski definition) is 3. The molecular formula is C20H16N4O3. The summed E-state index contributed by atoms with van der Waals surface area (Å²) in [6.45, 7) is 0.328. The molecular weight excluding hydrogens is 344 g/mol.